The molecule has 1 aliphatic heterocycles. The van der Waals surface area contributed by atoms with E-state index in [4.69, 9.17) is 0 Å². The molecule has 0 aliphatic carbocycles. The van der Waals surface area contributed by atoms with Crippen LogP contribution in [-0.4, -0.2) is 38.1 Å². The van der Waals surface area contributed by atoms with Crippen molar-refractivity contribution in [2.45, 2.75) is 18.6 Å². The largest absolute Gasteiger partial charge is 0.391 e. The van der Waals surface area contributed by atoms with Crippen molar-refractivity contribution < 1.29 is 18.7 Å². The molecule has 1 aromatic heterocycles. The summed E-state index contributed by atoms with van der Waals surface area (Å²) in [5.74, 6) is -2.25. The second-order valence-corrected chi connectivity index (χ2v) is 5.46. The number of hydrogen-bond acceptors (Lipinski definition) is 3. The third kappa shape index (κ3) is 2.59. The SMILES string of the molecule is Cn1cnc(C(=O)N2C[C@H](O)C[C@H]2c2ccc(F)c(F)c2)c1. The molecule has 1 N–H and O–H groups in total. The van der Waals surface area contributed by atoms with Gasteiger partial charge >= 0.3 is 0 Å². The van der Waals surface area contributed by atoms with Crippen molar-refractivity contribution in [1.29, 1.82) is 0 Å². The van der Waals surface area contributed by atoms with Gasteiger partial charge in [-0.3, -0.25) is 4.79 Å². The molecule has 0 saturated carbocycles. The van der Waals surface area contributed by atoms with Gasteiger partial charge in [0, 0.05) is 19.8 Å². The van der Waals surface area contributed by atoms with Crippen LogP contribution in [0.2, 0.25) is 0 Å². The van der Waals surface area contributed by atoms with Crippen LogP contribution in [0, 0.1) is 11.6 Å². The number of hydrogen-bond donors (Lipinski definition) is 1. The summed E-state index contributed by atoms with van der Waals surface area (Å²) in [5.41, 5.74) is 0.712. The number of rotatable bonds is 2. The molecule has 1 aromatic carbocycles. The highest BCUT2D eigenvalue weighted by molar-refractivity contribution is 5.92. The van der Waals surface area contributed by atoms with E-state index in [0.29, 0.717) is 5.56 Å². The van der Waals surface area contributed by atoms with Crippen molar-refractivity contribution in [2.75, 3.05) is 6.54 Å². The topological polar surface area (TPSA) is 58.4 Å². The average molecular weight is 307 g/mol. The first-order valence-corrected chi connectivity index (χ1v) is 6.87. The smallest absolute Gasteiger partial charge is 0.274 e. The summed E-state index contributed by atoms with van der Waals surface area (Å²) in [6.07, 6.45) is 2.66. The highest BCUT2D eigenvalue weighted by Gasteiger charge is 2.36. The molecular formula is C15H15F2N3O2. The molecule has 5 nitrogen and oxygen atoms in total. The van der Waals surface area contributed by atoms with E-state index in [9.17, 15) is 18.7 Å². The van der Waals surface area contributed by atoms with Gasteiger partial charge in [0.15, 0.2) is 11.6 Å². The van der Waals surface area contributed by atoms with Crippen LogP contribution in [-0.2, 0) is 7.05 Å². The zero-order valence-corrected chi connectivity index (χ0v) is 11.9. The third-order valence-corrected chi connectivity index (χ3v) is 3.79. The fourth-order valence-corrected chi connectivity index (χ4v) is 2.74. The summed E-state index contributed by atoms with van der Waals surface area (Å²) in [6, 6.07) is 3.02. The molecule has 1 saturated heterocycles. The van der Waals surface area contributed by atoms with E-state index in [1.165, 1.54) is 17.3 Å². The Hall–Kier alpha value is -2.28. The minimum absolute atomic E-state index is 0.138. The van der Waals surface area contributed by atoms with Gasteiger partial charge in [-0.2, -0.15) is 0 Å². The fourth-order valence-electron chi connectivity index (χ4n) is 2.74. The summed E-state index contributed by atoms with van der Waals surface area (Å²) >= 11 is 0. The lowest BCUT2D eigenvalue weighted by Gasteiger charge is -2.24. The van der Waals surface area contributed by atoms with Crippen LogP contribution in [0.15, 0.2) is 30.7 Å². The molecule has 2 heterocycles. The Balaban J connectivity index is 1.91. The zero-order chi connectivity index (χ0) is 15.9. The first-order chi connectivity index (χ1) is 10.5. The number of nitrogens with zero attached hydrogens (tertiary/aromatic N) is 3. The standard InChI is InChI=1S/C15H15F2N3O2/c1-19-7-13(18-8-19)15(22)20-6-10(21)5-14(20)9-2-3-11(16)12(17)4-9/h2-4,7-8,10,14,21H,5-6H2,1H3/t10-,14+/m1/s1. The Morgan fingerprint density at radius 3 is 2.77 bits per heavy atom. The number of benzene rings is 1. The number of aryl methyl sites for hydroxylation is 1. The van der Waals surface area contributed by atoms with Crippen molar-refractivity contribution in [2.24, 2.45) is 7.05 Å². The molecule has 116 valence electrons. The van der Waals surface area contributed by atoms with Crippen LogP contribution in [0.1, 0.15) is 28.5 Å². The molecule has 0 unspecified atom stereocenters. The Morgan fingerprint density at radius 1 is 1.36 bits per heavy atom. The van der Waals surface area contributed by atoms with E-state index in [2.05, 4.69) is 4.98 Å². The second kappa shape index (κ2) is 5.49. The van der Waals surface area contributed by atoms with Gasteiger partial charge in [-0.25, -0.2) is 13.8 Å². The molecule has 0 spiro atoms. The lowest BCUT2D eigenvalue weighted by Crippen LogP contribution is -2.32. The highest BCUT2D eigenvalue weighted by atomic mass is 19.2. The summed E-state index contributed by atoms with van der Waals surface area (Å²) in [7, 11) is 1.75. The summed E-state index contributed by atoms with van der Waals surface area (Å²) < 4.78 is 28.1. The molecular weight excluding hydrogens is 292 g/mol. The lowest BCUT2D eigenvalue weighted by molar-refractivity contribution is 0.0710. The molecule has 22 heavy (non-hydrogen) atoms. The molecule has 1 amide bonds. The van der Waals surface area contributed by atoms with Gasteiger partial charge in [0.1, 0.15) is 5.69 Å². The number of likely N-dealkylation sites (tertiary alicyclic amines) is 1. The van der Waals surface area contributed by atoms with E-state index < -0.39 is 23.8 Å². The Kier molecular flexibility index (Phi) is 3.66. The summed E-state index contributed by atoms with van der Waals surface area (Å²) in [4.78, 5) is 18.0. The van der Waals surface area contributed by atoms with E-state index in [-0.39, 0.29) is 24.6 Å². The van der Waals surface area contributed by atoms with Crippen molar-refractivity contribution in [1.82, 2.24) is 14.5 Å². The number of aromatic nitrogens is 2. The van der Waals surface area contributed by atoms with Crippen LogP contribution in [0.5, 0.6) is 0 Å². The number of β-amino-alcohol motifs (C(OH)–C–C–N with tert-alkyl or cyclic N) is 1. The normalized spacial score (nSPS) is 21.4. The molecule has 2 aromatic rings. The van der Waals surface area contributed by atoms with Crippen molar-refractivity contribution in [3.63, 3.8) is 0 Å². The number of carbonyl (C=O) groups is 1. The molecule has 3 rings (SSSR count). The van der Waals surface area contributed by atoms with E-state index in [0.717, 1.165) is 12.1 Å². The van der Waals surface area contributed by atoms with Crippen molar-refractivity contribution in [3.05, 3.63) is 53.6 Å². The van der Waals surface area contributed by atoms with Gasteiger partial charge in [0.05, 0.1) is 18.5 Å². The molecule has 1 fully saturated rings. The quantitative estimate of drug-likeness (QED) is 0.918. The lowest BCUT2D eigenvalue weighted by atomic mass is 10.0. The van der Waals surface area contributed by atoms with Gasteiger partial charge in [-0.1, -0.05) is 6.07 Å². The maximum absolute atomic E-state index is 13.4. The Bertz CT molecular complexity index is 717. The minimum Gasteiger partial charge on any atom is -0.391 e. The second-order valence-electron chi connectivity index (χ2n) is 5.46. The van der Waals surface area contributed by atoms with Crippen LogP contribution >= 0.6 is 0 Å². The number of imidazole rings is 1. The Morgan fingerprint density at radius 2 is 2.14 bits per heavy atom. The van der Waals surface area contributed by atoms with E-state index in [1.54, 1.807) is 17.8 Å². The first-order valence-electron chi connectivity index (χ1n) is 6.87. The molecule has 2 atom stereocenters. The minimum atomic E-state index is -0.968. The average Bonchev–Trinajstić information content (AvgIpc) is 3.07. The molecule has 0 bridgehead atoms. The number of halogens is 2. The first kappa shape index (κ1) is 14.6. The third-order valence-electron chi connectivity index (χ3n) is 3.79. The molecule has 7 heteroatoms. The van der Waals surface area contributed by atoms with Crippen LogP contribution in [0.4, 0.5) is 8.78 Å². The predicted molar refractivity (Wildman–Crippen MR) is 74.0 cm³/mol. The Labute approximate surface area is 125 Å². The van der Waals surface area contributed by atoms with E-state index >= 15 is 0 Å². The monoisotopic (exact) mass is 307 g/mol. The van der Waals surface area contributed by atoms with Gasteiger partial charge in [0.2, 0.25) is 0 Å². The van der Waals surface area contributed by atoms with Gasteiger partial charge in [0.25, 0.3) is 5.91 Å². The van der Waals surface area contributed by atoms with Crippen LogP contribution < -0.4 is 0 Å². The summed E-state index contributed by atoms with van der Waals surface area (Å²) in [6.45, 7) is 0.138. The maximum Gasteiger partial charge on any atom is 0.274 e. The van der Waals surface area contributed by atoms with Crippen LogP contribution in [0.3, 0.4) is 0 Å². The zero-order valence-electron chi connectivity index (χ0n) is 11.9. The number of carbonyl (C=O) groups excluding carboxylic acids is 1. The van der Waals surface area contributed by atoms with Crippen LogP contribution in [0.25, 0.3) is 0 Å². The molecule has 1 aliphatic rings. The number of aliphatic hydroxyl groups is 1. The summed E-state index contributed by atoms with van der Waals surface area (Å²) in [5, 5.41) is 9.87. The van der Waals surface area contributed by atoms with Gasteiger partial charge < -0.3 is 14.6 Å². The van der Waals surface area contributed by atoms with Gasteiger partial charge in [-0.05, 0) is 24.1 Å². The van der Waals surface area contributed by atoms with Crippen molar-refractivity contribution >= 4 is 5.91 Å². The van der Waals surface area contributed by atoms with Crippen molar-refractivity contribution in [3.8, 4) is 0 Å². The number of amides is 1. The number of aliphatic hydroxyl groups excluding tert-OH is 1. The van der Waals surface area contributed by atoms with E-state index in [1.807, 2.05) is 0 Å². The maximum atomic E-state index is 13.4. The predicted octanol–water partition coefficient (Wildman–Crippen LogP) is 1.65. The van der Waals surface area contributed by atoms with Gasteiger partial charge in [-0.15, -0.1) is 0 Å². The highest BCUT2D eigenvalue weighted by Crippen LogP contribution is 2.33. The molecule has 0 radical (unpaired) electrons. The fraction of sp³-hybridized carbons (Fsp3) is 0.333.